The average molecular weight is 309 g/mol. The van der Waals surface area contributed by atoms with Gasteiger partial charge in [-0.1, -0.05) is 0 Å². The van der Waals surface area contributed by atoms with E-state index in [0.717, 1.165) is 18.5 Å². The summed E-state index contributed by atoms with van der Waals surface area (Å²) >= 11 is 0. The maximum atomic E-state index is 12.4. The highest BCUT2D eigenvalue weighted by Crippen LogP contribution is 2.37. The predicted octanol–water partition coefficient (Wildman–Crippen LogP) is 1.30. The van der Waals surface area contributed by atoms with Crippen LogP contribution in [0.5, 0.6) is 0 Å². The molecule has 0 bridgehead atoms. The summed E-state index contributed by atoms with van der Waals surface area (Å²) in [6.07, 6.45) is 7.00. The molecule has 1 aliphatic rings. The third-order valence-corrected chi connectivity index (χ3v) is 4.92. The minimum atomic E-state index is -3.61. The van der Waals surface area contributed by atoms with E-state index in [2.05, 4.69) is 9.82 Å². The highest BCUT2D eigenvalue weighted by molar-refractivity contribution is 7.92. The second-order valence-corrected chi connectivity index (χ2v) is 6.88. The molecule has 7 nitrogen and oxygen atoms in total. The lowest BCUT2D eigenvalue weighted by atomic mass is 10.4. The third kappa shape index (κ3) is 2.81. The van der Waals surface area contributed by atoms with Crippen LogP contribution in [-0.4, -0.2) is 22.8 Å². The van der Waals surface area contributed by atoms with Gasteiger partial charge >= 0.3 is 0 Å². The molecule has 2 heterocycles. The molecule has 2 aromatic heterocycles. The Kier molecular flexibility index (Phi) is 3.50. The fraction of sp³-hybridized carbons (Fsp3) is 0.462. The molecule has 3 N–H and O–H groups in total. The van der Waals surface area contributed by atoms with E-state index < -0.39 is 10.0 Å². The number of nitrogens with zero attached hydrogens (tertiary/aromatic N) is 3. The molecule has 3 rings (SSSR count). The highest BCUT2D eigenvalue weighted by atomic mass is 32.2. The van der Waals surface area contributed by atoms with E-state index in [0.29, 0.717) is 24.8 Å². The van der Waals surface area contributed by atoms with Gasteiger partial charge in [-0.25, -0.2) is 8.42 Å². The molecule has 0 aromatic carbocycles. The van der Waals surface area contributed by atoms with Crippen LogP contribution in [0, 0.1) is 0 Å². The van der Waals surface area contributed by atoms with E-state index in [1.165, 1.54) is 6.20 Å². The van der Waals surface area contributed by atoms with E-state index in [-0.39, 0.29) is 4.90 Å². The van der Waals surface area contributed by atoms with E-state index in [9.17, 15) is 8.42 Å². The van der Waals surface area contributed by atoms with Crippen LogP contribution in [0.4, 0.5) is 5.69 Å². The van der Waals surface area contributed by atoms with E-state index in [4.69, 9.17) is 5.73 Å². The summed E-state index contributed by atoms with van der Waals surface area (Å²) in [4.78, 5) is 0.249. The normalized spacial score (nSPS) is 15.3. The molecule has 2 aromatic rings. The second-order valence-electron chi connectivity index (χ2n) is 5.20. The van der Waals surface area contributed by atoms with E-state index in [1.54, 1.807) is 23.1 Å². The molecule has 0 spiro atoms. The molecular weight excluding hydrogens is 290 g/mol. The van der Waals surface area contributed by atoms with Gasteiger partial charge in [0.1, 0.15) is 4.90 Å². The van der Waals surface area contributed by atoms with Crippen molar-refractivity contribution in [2.45, 2.75) is 43.8 Å². The zero-order chi connectivity index (χ0) is 15.0. The molecule has 1 fully saturated rings. The van der Waals surface area contributed by atoms with Gasteiger partial charge in [-0.15, -0.1) is 0 Å². The molecule has 1 aliphatic carbocycles. The summed E-state index contributed by atoms with van der Waals surface area (Å²) in [5, 5.41) is 4.05. The Hall–Kier alpha value is -1.80. The fourth-order valence-corrected chi connectivity index (χ4v) is 3.38. The van der Waals surface area contributed by atoms with Gasteiger partial charge in [-0.05, 0) is 25.8 Å². The molecular formula is C13H19N5O2S. The Morgan fingerprint density at radius 1 is 1.43 bits per heavy atom. The molecule has 0 amide bonds. The Morgan fingerprint density at radius 3 is 2.76 bits per heavy atom. The number of hydrogen-bond donors (Lipinski definition) is 2. The number of aromatic nitrogens is 3. The largest absolute Gasteiger partial charge is 0.346 e. The van der Waals surface area contributed by atoms with Crippen LogP contribution in [-0.2, 0) is 23.1 Å². The summed E-state index contributed by atoms with van der Waals surface area (Å²) < 4.78 is 31.0. The molecule has 0 unspecified atom stereocenters. The minimum absolute atomic E-state index is 0.249. The zero-order valence-electron chi connectivity index (χ0n) is 11.9. The Labute approximate surface area is 123 Å². The topological polar surface area (TPSA) is 94.9 Å². The van der Waals surface area contributed by atoms with Crippen LogP contribution in [0.1, 0.15) is 31.5 Å². The summed E-state index contributed by atoms with van der Waals surface area (Å²) in [7, 11) is -3.61. The van der Waals surface area contributed by atoms with Gasteiger partial charge in [0.2, 0.25) is 0 Å². The summed E-state index contributed by atoms with van der Waals surface area (Å²) in [5.74, 6) is 0. The maximum Gasteiger partial charge on any atom is 0.263 e. The summed E-state index contributed by atoms with van der Waals surface area (Å²) in [6, 6.07) is 2.04. The molecule has 0 saturated heterocycles. The van der Waals surface area contributed by atoms with Crippen LogP contribution in [0.2, 0.25) is 0 Å². The van der Waals surface area contributed by atoms with Crippen LogP contribution >= 0.6 is 0 Å². The van der Waals surface area contributed by atoms with Gasteiger partial charge in [-0.3, -0.25) is 9.40 Å². The van der Waals surface area contributed by atoms with Crippen molar-refractivity contribution in [3.05, 3.63) is 30.4 Å². The van der Waals surface area contributed by atoms with Gasteiger partial charge in [-0.2, -0.15) is 5.10 Å². The molecule has 0 radical (unpaired) electrons. The van der Waals surface area contributed by atoms with Crippen LogP contribution in [0.15, 0.2) is 29.6 Å². The SMILES string of the molecule is CCn1cc(NS(=O)(=O)c2cc(CN)n(C3CC3)c2)cn1. The third-order valence-electron chi connectivity index (χ3n) is 3.58. The number of hydrogen-bond acceptors (Lipinski definition) is 4. The second kappa shape index (κ2) is 5.19. The number of anilines is 1. The number of sulfonamides is 1. The number of nitrogens with one attached hydrogen (secondary N) is 1. The lowest BCUT2D eigenvalue weighted by molar-refractivity contribution is 0.600. The first-order valence-electron chi connectivity index (χ1n) is 6.99. The van der Waals surface area contributed by atoms with Gasteiger partial charge in [0.05, 0.1) is 11.9 Å². The van der Waals surface area contributed by atoms with Crippen molar-refractivity contribution in [2.75, 3.05) is 4.72 Å². The molecule has 0 atom stereocenters. The van der Waals surface area contributed by atoms with Gasteiger partial charge < -0.3 is 10.3 Å². The number of rotatable bonds is 6. The van der Waals surface area contributed by atoms with E-state index >= 15 is 0 Å². The van der Waals surface area contributed by atoms with Crippen molar-refractivity contribution in [2.24, 2.45) is 5.73 Å². The monoisotopic (exact) mass is 309 g/mol. The zero-order valence-corrected chi connectivity index (χ0v) is 12.7. The molecule has 114 valence electrons. The Bertz CT molecular complexity index is 742. The molecule has 1 saturated carbocycles. The summed E-state index contributed by atoms with van der Waals surface area (Å²) in [5.41, 5.74) is 7.01. The summed E-state index contributed by atoms with van der Waals surface area (Å²) in [6.45, 7) is 2.96. The maximum absolute atomic E-state index is 12.4. The van der Waals surface area contributed by atoms with Gasteiger partial charge in [0.15, 0.2) is 0 Å². The first-order chi connectivity index (χ1) is 10.0. The van der Waals surface area contributed by atoms with Crippen molar-refractivity contribution in [3.8, 4) is 0 Å². The minimum Gasteiger partial charge on any atom is -0.346 e. The standard InChI is InChI=1S/C13H19N5O2S/c1-2-17-8-10(7-15-17)16-21(19,20)13-5-12(6-14)18(9-13)11-3-4-11/h5,7-9,11,16H,2-4,6,14H2,1H3. The molecule has 21 heavy (non-hydrogen) atoms. The number of aryl methyl sites for hydroxylation is 1. The van der Waals surface area contributed by atoms with Crippen LogP contribution in [0.25, 0.3) is 0 Å². The molecule has 8 heteroatoms. The van der Waals surface area contributed by atoms with Crippen LogP contribution < -0.4 is 10.5 Å². The first kappa shape index (κ1) is 14.2. The first-order valence-corrected chi connectivity index (χ1v) is 8.48. The quantitative estimate of drug-likeness (QED) is 0.841. The van der Waals surface area contributed by atoms with Crippen molar-refractivity contribution in [3.63, 3.8) is 0 Å². The van der Waals surface area contributed by atoms with Crippen LogP contribution in [0.3, 0.4) is 0 Å². The lowest BCUT2D eigenvalue weighted by Gasteiger charge is -2.04. The Balaban J connectivity index is 1.87. The number of nitrogens with two attached hydrogens (primary N) is 1. The smallest absolute Gasteiger partial charge is 0.263 e. The van der Waals surface area contributed by atoms with Gasteiger partial charge in [0, 0.05) is 37.2 Å². The van der Waals surface area contributed by atoms with Crippen molar-refractivity contribution in [1.29, 1.82) is 0 Å². The molecule has 0 aliphatic heterocycles. The van der Waals surface area contributed by atoms with Crippen molar-refractivity contribution >= 4 is 15.7 Å². The highest BCUT2D eigenvalue weighted by Gasteiger charge is 2.28. The fourth-order valence-electron chi connectivity index (χ4n) is 2.30. The Morgan fingerprint density at radius 2 is 2.19 bits per heavy atom. The van der Waals surface area contributed by atoms with E-state index in [1.807, 2.05) is 11.5 Å². The van der Waals surface area contributed by atoms with Crippen molar-refractivity contribution < 1.29 is 8.42 Å². The van der Waals surface area contributed by atoms with Gasteiger partial charge in [0.25, 0.3) is 10.0 Å². The van der Waals surface area contributed by atoms with Crippen molar-refractivity contribution in [1.82, 2.24) is 14.3 Å². The average Bonchev–Trinajstić information content (AvgIpc) is 3.04. The lowest BCUT2D eigenvalue weighted by Crippen LogP contribution is -2.11. The predicted molar refractivity (Wildman–Crippen MR) is 79.3 cm³/mol.